The van der Waals surface area contributed by atoms with Gasteiger partial charge in [0, 0.05) is 42.2 Å². The second-order valence-corrected chi connectivity index (χ2v) is 8.11. The number of fused-ring (bicyclic) bond motifs is 2. The Hall–Kier alpha value is -3.06. The third kappa shape index (κ3) is 3.60. The molecule has 0 saturated heterocycles. The predicted octanol–water partition coefficient (Wildman–Crippen LogP) is 4.79. The van der Waals surface area contributed by atoms with Crippen LogP contribution >= 0.6 is 12.4 Å². The number of carbonyl (C=O) groups excluding carboxylic acids is 1. The van der Waals surface area contributed by atoms with Gasteiger partial charge >= 0.3 is 5.97 Å². The molecular weight excluding hydrogens is 430 g/mol. The van der Waals surface area contributed by atoms with E-state index < -0.39 is 0 Å². The number of carbonyl (C=O) groups is 1. The highest BCUT2D eigenvalue weighted by Gasteiger charge is 2.29. The van der Waals surface area contributed by atoms with Crippen molar-refractivity contribution in [3.63, 3.8) is 0 Å². The molecule has 0 unspecified atom stereocenters. The minimum atomic E-state index is -0.325. The van der Waals surface area contributed by atoms with Gasteiger partial charge in [0.05, 0.1) is 19.8 Å². The third-order valence-electron chi connectivity index (χ3n) is 6.40. The van der Waals surface area contributed by atoms with Crippen molar-refractivity contribution in [2.24, 2.45) is 0 Å². The fourth-order valence-corrected chi connectivity index (χ4v) is 4.74. The number of rotatable bonds is 5. The monoisotopic (exact) mass is 455 g/mol. The van der Waals surface area contributed by atoms with Gasteiger partial charge in [-0.3, -0.25) is 0 Å². The molecule has 2 aromatic carbocycles. The molecule has 0 bridgehead atoms. The Balaban J connectivity index is 0.00000245. The molecule has 32 heavy (non-hydrogen) atoms. The van der Waals surface area contributed by atoms with E-state index in [1.54, 1.807) is 26.6 Å². The summed E-state index contributed by atoms with van der Waals surface area (Å²) in [6.45, 7) is 0.259. The first kappa shape index (κ1) is 22.1. The molecule has 0 radical (unpaired) electrons. The summed E-state index contributed by atoms with van der Waals surface area (Å²) in [5.74, 6) is 1.61. The molecule has 8 heteroatoms. The van der Waals surface area contributed by atoms with E-state index in [9.17, 15) is 4.79 Å². The van der Waals surface area contributed by atoms with Gasteiger partial charge in [-0.2, -0.15) is 0 Å². The van der Waals surface area contributed by atoms with Crippen LogP contribution in [0.4, 0.5) is 5.95 Å². The lowest BCUT2D eigenvalue weighted by atomic mass is 9.91. The van der Waals surface area contributed by atoms with Crippen LogP contribution in [0.5, 0.6) is 11.5 Å². The van der Waals surface area contributed by atoms with Gasteiger partial charge in [-0.1, -0.05) is 12.8 Å². The fourth-order valence-electron chi connectivity index (χ4n) is 4.74. The summed E-state index contributed by atoms with van der Waals surface area (Å²) < 4.78 is 16.3. The molecule has 1 fully saturated rings. The number of aromatic nitrogens is 2. The largest absolute Gasteiger partial charge is 0.493 e. The second-order valence-electron chi connectivity index (χ2n) is 8.11. The van der Waals surface area contributed by atoms with Gasteiger partial charge in [0.25, 0.3) is 0 Å². The van der Waals surface area contributed by atoms with Gasteiger partial charge in [-0.05, 0) is 41.8 Å². The van der Waals surface area contributed by atoms with Crippen LogP contribution in [0.2, 0.25) is 0 Å². The predicted molar refractivity (Wildman–Crippen MR) is 125 cm³/mol. The molecule has 0 amide bonds. The second kappa shape index (κ2) is 8.82. The van der Waals surface area contributed by atoms with Crippen LogP contribution in [0, 0.1) is 0 Å². The summed E-state index contributed by atoms with van der Waals surface area (Å²) in [4.78, 5) is 24.0. The summed E-state index contributed by atoms with van der Waals surface area (Å²) in [6, 6.07) is 6.28. The van der Waals surface area contributed by atoms with Crippen LogP contribution in [0.1, 0.15) is 41.6 Å². The van der Waals surface area contributed by atoms with Gasteiger partial charge in [0.1, 0.15) is 6.61 Å². The van der Waals surface area contributed by atoms with Gasteiger partial charge in [-0.25, -0.2) is 14.8 Å². The number of hydrogen-bond donors (Lipinski definition) is 0. The van der Waals surface area contributed by atoms with Crippen molar-refractivity contribution in [2.45, 2.75) is 38.3 Å². The van der Waals surface area contributed by atoms with E-state index in [1.165, 1.54) is 25.7 Å². The van der Waals surface area contributed by atoms with Crippen LogP contribution in [0.25, 0.3) is 21.9 Å². The third-order valence-corrected chi connectivity index (χ3v) is 6.40. The molecule has 7 nitrogen and oxygen atoms in total. The normalized spacial score (nSPS) is 15.3. The number of hydrogen-bond acceptors (Lipinski definition) is 7. The van der Waals surface area contributed by atoms with Gasteiger partial charge in [0.15, 0.2) is 11.5 Å². The van der Waals surface area contributed by atoms with Crippen molar-refractivity contribution < 1.29 is 19.0 Å². The van der Waals surface area contributed by atoms with E-state index >= 15 is 0 Å². The van der Waals surface area contributed by atoms with Crippen LogP contribution in [-0.4, -0.2) is 43.2 Å². The number of cyclic esters (lactones) is 1. The van der Waals surface area contributed by atoms with Crippen molar-refractivity contribution in [2.75, 3.05) is 26.2 Å². The molecule has 0 N–H and O–H groups in total. The van der Waals surface area contributed by atoms with Crippen molar-refractivity contribution >= 4 is 35.1 Å². The molecule has 168 valence electrons. The molecule has 1 aromatic heterocycles. The zero-order valence-corrected chi connectivity index (χ0v) is 19.2. The zero-order chi connectivity index (χ0) is 21.5. The van der Waals surface area contributed by atoms with E-state index in [0.29, 0.717) is 29.1 Å². The standard InChI is InChI=1S/C24H25N3O4.ClH/c1-27(17-6-4-5-7-17)24-25-11-16(12-26-24)21-18-10-20(30-3)19(29-2)9-14(18)8-15-13-31-23(28)22(15)21;/h8-12,17H,4-7,13H2,1-3H3;1H. The smallest absolute Gasteiger partial charge is 0.339 e. The number of anilines is 1. The van der Waals surface area contributed by atoms with E-state index in [0.717, 1.165) is 27.5 Å². The van der Waals surface area contributed by atoms with Crippen LogP contribution in [0.3, 0.4) is 0 Å². The summed E-state index contributed by atoms with van der Waals surface area (Å²) in [5.41, 5.74) is 2.97. The number of halogens is 1. The molecular formula is C24H26ClN3O4. The minimum Gasteiger partial charge on any atom is -0.493 e. The Kier molecular flexibility index (Phi) is 6.11. The lowest BCUT2D eigenvalue weighted by Crippen LogP contribution is -2.30. The molecule has 5 rings (SSSR count). The number of esters is 1. The maximum Gasteiger partial charge on any atom is 0.339 e. The molecule has 1 aliphatic heterocycles. The highest BCUT2D eigenvalue weighted by molar-refractivity contribution is 6.11. The lowest BCUT2D eigenvalue weighted by Gasteiger charge is -2.24. The van der Waals surface area contributed by atoms with Gasteiger partial charge in [0.2, 0.25) is 5.95 Å². The molecule has 0 spiro atoms. The van der Waals surface area contributed by atoms with E-state index in [2.05, 4.69) is 21.9 Å². The Labute approximate surface area is 193 Å². The number of benzene rings is 2. The average molecular weight is 456 g/mol. The first-order chi connectivity index (χ1) is 15.1. The number of ether oxygens (including phenoxy) is 3. The summed E-state index contributed by atoms with van der Waals surface area (Å²) in [7, 11) is 5.26. The highest BCUT2D eigenvalue weighted by Crippen LogP contribution is 2.42. The molecule has 1 aliphatic carbocycles. The fraction of sp³-hybridized carbons (Fsp3) is 0.375. The van der Waals surface area contributed by atoms with E-state index in [-0.39, 0.29) is 25.0 Å². The molecule has 2 aliphatic rings. The first-order valence-electron chi connectivity index (χ1n) is 10.5. The first-order valence-corrected chi connectivity index (χ1v) is 10.5. The SMILES string of the molecule is COc1cc2cc3c(c(-c4cnc(N(C)C5CCCC5)nc4)c2cc1OC)C(=O)OC3.Cl. The Morgan fingerprint density at radius 2 is 1.66 bits per heavy atom. The summed E-state index contributed by atoms with van der Waals surface area (Å²) >= 11 is 0. The van der Waals surface area contributed by atoms with Gasteiger partial charge < -0.3 is 19.1 Å². The zero-order valence-electron chi connectivity index (χ0n) is 18.4. The highest BCUT2D eigenvalue weighted by atomic mass is 35.5. The molecule has 3 aromatic rings. The quantitative estimate of drug-likeness (QED) is 0.512. The van der Waals surface area contributed by atoms with Crippen molar-refractivity contribution in [3.05, 3.63) is 41.7 Å². The Morgan fingerprint density at radius 3 is 2.31 bits per heavy atom. The molecule has 2 heterocycles. The van der Waals surface area contributed by atoms with E-state index in [4.69, 9.17) is 14.2 Å². The average Bonchev–Trinajstić information content (AvgIpc) is 3.47. The minimum absolute atomic E-state index is 0. The van der Waals surface area contributed by atoms with E-state index in [1.807, 2.05) is 18.2 Å². The van der Waals surface area contributed by atoms with Crippen LogP contribution < -0.4 is 14.4 Å². The maximum absolute atomic E-state index is 12.6. The molecule has 0 atom stereocenters. The van der Waals surface area contributed by atoms with Crippen LogP contribution in [0.15, 0.2) is 30.6 Å². The lowest BCUT2D eigenvalue weighted by molar-refractivity contribution is 0.0535. The van der Waals surface area contributed by atoms with Crippen molar-refractivity contribution in [1.82, 2.24) is 9.97 Å². The Bertz CT molecular complexity index is 1160. The summed E-state index contributed by atoms with van der Waals surface area (Å²) in [6.07, 6.45) is 8.44. The van der Waals surface area contributed by atoms with Gasteiger partial charge in [-0.15, -0.1) is 12.4 Å². The topological polar surface area (TPSA) is 73.8 Å². The molecule has 1 saturated carbocycles. The number of nitrogens with zero attached hydrogens (tertiary/aromatic N) is 3. The number of methoxy groups -OCH3 is 2. The van der Waals surface area contributed by atoms with Crippen molar-refractivity contribution in [1.29, 1.82) is 0 Å². The van der Waals surface area contributed by atoms with Crippen molar-refractivity contribution in [3.8, 4) is 22.6 Å². The Morgan fingerprint density at radius 1 is 1.00 bits per heavy atom. The summed E-state index contributed by atoms with van der Waals surface area (Å²) in [5, 5.41) is 1.81. The van der Waals surface area contributed by atoms with Crippen LogP contribution in [-0.2, 0) is 11.3 Å². The maximum atomic E-state index is 12.6.